The molecule has 23 heteroatoms. The minimum atomic E-state index is -2.05. The van der Waals surface area contributed by atoms with E-state index in [9.17, 15) is 53.1 Å². The van der Waals surface area contributed by atoms with E-state index >= 15 is 4.39 Å². The van der Waals surface area contributed by atoms with Crippen LogP contribution in [-0.2, 0) is 77.8 Å². The number of aryl methyl sites for hydroxylation is 1. The Bertz CT molecular complexity index is 2850. The number of fused-ring (bicyclic) bond motifs is 5. The second-order valence-corrected chi connectivity index (χ2v) is 18.5. The summed E-state index contributed by atoms with van der Waals surface area (Å²) in [5, 5.41) is 27.4. The molecule has 5 heterocycles. The highest BCUT2D eigenvalue weighted by Gasteiger charge is 2.46. The van der Waals surface area contributed by atoms with Gasteiger partial charge in [0.25, 0.3) is 17.4 Å². The van der Waals surface area contributed by atoms with Gasteiger partial charge in [0.15, 0.2) is 5.60 Å². The van der Waals surface area contributed by atoms with Gasteiger partial charge in [0.2, 0.25) is 35.4 Å². The zero-order valence-corrected chi connectivity index (χ0v) is 40.6. The fraction of sp³-hybridized carbons (Fsp3) is 0.490. The van der Waals surface area contributed by atoms with Gasteiger partial charge in [-0.25, -0.2) is 14.2 Å². The maximum absolute atomic E-state index is 15.3. The molecular weight excluding hydrogens is 942 g/mol. The molecule has 1 aromatic carbocycles. The van der Waals surface area contributed by atoms with Gasteiger partial charge in [-0.1, -0.05) is 27.2 Å². The van der Waals surface area contributed by atoms with E-state index in [1.54, 1.807) is 33.8 Å². The van der Waals surface area contributed by atoms with Crippen molar-refractivity contribution in [1.82, 2.24) is 46.4 Å². The minimum absolute atomic E-state index is 0.0482. The number of benzene rings is 1. The summed E-state index contributed by atoms with van der Waals surface area (Å²) < 4.78 is 27.5. The Morgan fingerprint density at radius 1 is 0.889 bits per heavy atom. The van der Waals surface area contributed by atoms with Crippen LogP contribution in [0.25, 0.3) is 22.3 Å². The molecule has 3 aromatic rings. The number of carbonyl (C=O) groups excluding carboxylic acids is 9. The molecule has 22 nitrogen and oxygen atoms in total. The van der Waals surface area contributed by atoms with Crippen LogP contribution in [0.3, 0.4) is 0 Å². The highest BCUT2D eigenvalue weighted by molar-refractivity contribution is 6.12. The number of unbranched alkanes of at least 4 members (excludes halogenated alkanes) is 2. The number of aliphatic hydroxyl groups is 1. The molecule has 4 atom stereocenters. The molecule has 0 saturated carbocycles. The first-order chi connectivity index (χ1) is 34.2. The van der Waals surface area contributed by atoms with E-state index in [2.05, 4.69) is 31.9 Å². The van der Waals surface area contributed by atoms with Crippen LogP contribution in [0.4, 0.5) is 4.39 Å². The summed E-state index contributed by atoms with van der Waals surface area (Å²) in [6.45, 7) is 6.20. The number of carbonyl (C=O) groups is 9. The summed E-state index contributed by atoms with van der Waals surface area (Å²) in [6.07, 6.45) is 4.81. The third-order valence-corrected chi connectivity index (χ3v) is 13.4. The molecule has 1 aliphatic carbocycles. The second-order valence-electron chi connectivity index (χ2n) is 18.5. The SMILES string of the molecule is CC[C@@]1(O)C(=O)OCc2c1cc1n(c2=O)Cc2c-1nc1cc(F)c(C)c3c1c2[C@@H](NC(=O)COCNC(=O)[C@H](C)NC(=O)[C@@H](NC(=O)CNC(=O)CNC(=O)CCCCCN1C(=O)C=CC1=O)C(C)C)CC3. The standard InChI is InChI=1S/C49H58FN9O13/c1-6-49(70)30-16-34-44-28(20-59(34)47(68)29(30)21-72-48(49)69)42-32(12-11-27-25(4)31(50)17-33(56-44)41(27)42)55-38(63)22-71-23-53-45(66)26(5)54-46(67)43(24(2)3)57-37(62)19-52-36(61)18-51-35(60)10-8-7-9-15-58-39(64)13-14-40(58)65/h13-14,16-17,24,26,32,43,70H,6-12,15,18-23H2,1-5H3,(H,51,60)(H,52,61)(H,53,66)(H,54,67)(H,55,63)(H,57,62)/t26-,32-,43-,49-/m0/s1. The van der Waals surface area contributed by atoms with Crippen molar-refractivity contribution in [3.05, 3.63) is 73.8 Å². The van der Waals surface area contributed by atoms with Crippen LogP contribution in [0.5, 0.6) is 0 Å². The van der Waals surface area contributed by atoms with E-state index in [0.29, 0.717) is 71.1 Å². The Kier molecular flexibility index (Phi) is 16.0. The first-order valence-electron chi connectivity index (χ1n) is 23.9. The molecule has 384 valence electrons. The first kappa shape index (κ1) is 52.4. The van der Waals surface area contributed by atoms with Gasteiger partial charge in [-0.05, 0) is 74.6 Å². The van der Waals surface area contributed by atoms with Gasteiger partial charge in [0.05, 0.1) is 48.1 Å². The van der Waals surface area contributed by atoms with E-state index in [0.717, 1.165) is 10.5 Å². The molecule has 0 radical (unpaired) electrons. The monoisotopic (exact) mass is 999 g/mol. The Hall–Kier alpha value is -7.40. The summed E-state index contributed by atoms with van der Waals surface area (Å²) in [7, 11) is 0. The first-order valence-corrected chi connectivity index (χ1v) is 23.9. The molecular formula is C49H58FN9O13. The van der Waals surface area contributed by atoms with Crippen molar-refractivity contribution >= 4 is 64.1 Å². The minimum Gasteiger partial charge on any atom is -0.458 e. The molecule has 0 fully saturated rings. The molecule has 4 aliphatic rings. The number of ether oxygens (including phenoxy) is 2. The molecule has 0 unspecified atom stereocenters. The van der Waals surface area contributed by atoms with Crippen LogP contribution in [0.1, 0.15) is 106 Å². The molecule has 2 aromatic heterocycles. The van der Waals surface area contributed by atoms with Crippen LogP contribution in [0, 0.1) is 18.7 Å². The zero-order valence-electron chi connectivity index (χ0n) is 40.6. The molecule has 8 amide bonds. The van der Waals surface area contributed by atoms with E-state index in [4.69, 9.17) is 14.5 Å². The predicted molar refractivity (Wildman–Crippen MR) is 252 cm³/mol. The van der Waals surface area contributed by atoms with Crippen LogP contribution < -0.4 is 37.5 Å². The molecule has 0 spiro atoms. The lowest BCUT2D eigenvalue weighted by Gasteiger charge is -2.31. The van der Waals surface area contributed by atoms with Crippen molar-refractivity contribution < 1.29 is 62.1 Å². The number of nitrogens with zero attached hydrogens (tertiary/aromatic N) is 3. The number of hydrogen-bond donors (Lipinski definition) is 7. The van der Waals surface area contributed by atoms with E-state index in [-0.39, 0.29) is 55.5 Å². The average Bonchev–Trinajstić information content (AvgIpc) is 3.88. The van der Waals surface area contributed by atoms with Crippen molar-refractivity contribution in [2.24, 2.45) is 5.92 Å². The summed E-state index contributed by atoms with van der Waals surface area (Å²) in [6, 6.07) is 0.0449. The van der Waals surface area contributed by atoms with Gasteiger partial charge in [-0.15, -0.1) is 0 Å². The number of hydrogen-bond acceptors (Lipinski definition) is 14. The zero-order chi connectivity index (χ0) is 52.2. The normalized spacial score (nSPS) is 18.2. The van der Waals surface area contributed by atoms with E-state index in [1.807, 2.05) is 0 Å². The van der Waals surface area contributed by atoms with Gasteiger partial charge in [-0.2, -0.15) is 0 Å². The van der Waals surface area contributed by atoms with E-state index in [1.165, 1.54) is 29.7 Å². The molecule has 7 rings (SSSR count). The number of halogens is 1. The fourth-order valence-corrected chi connectivity index (χ4v) is 9.37. The topological polar surface area (TPSA) is 303 Å². The van der Waals surface area contributed by atoms with Crippen LogP contribution in [0.15, 0.2) is 29.1 Å². The number of esters is 1. The number of cyclic esters (lactones) is 1. The summed E-state index contributed by atoms with van der Waals surface area (Å²) >= 11 is 0. The third kappa shape index (κ3) is 10.9. The number of amides is 8. The number of aromatic nitrogens is 2. The number of rotatable bonds is 21. The largest absolute Gasteiger partial charge is 0.458 e. The van der Waals surface area contributed by atoms with Crippen LogP contribution in [-0.4, -0.2) is 118 Å². The molecule has 0 bridgehead atoms. The van der Waals surface area contributed by atoms with Crippen molar-refractivity contribution in [1.29, 1.82) is 0 Å². The Morgan fingerprint density at radius 2 is 1.60 bits per heavy atom. The number of pyridine rings is 2. The fourth-order valence-electron chi connectivity index (χ4n) is 9.37. The highest BCUT2D eigenvalue weighted by atomic mass is 19.1. The van der Waals surface area contributed by atoms with Crippen LogP contribution >= 0.6 is 0 Å². The number of nitrogens with one attached hydrogen (secondary N) is 6. The maximum atomic E-state index is 15.3. The summed E-state index contributed by atoms with van der Waals surface area (Å²) in [4.78, 5) is 133. The van der Waals surface area contributed by atoms with E-state index < -0.39 is 109 Å². The second kappa shape index (κ2) is 21.9. The summed E-state index contributed by atoms with van der Waals surface area (Å²) in [5.74, 6) is -6.14. The lowest BCUT2D eigenvalue weighted by Crippen LogP contribution is -2.56. The van der Waals surface area contributed by atoms with Crippen molar-refractivity contribution in [2.45, 2.75) is 116 Å². The van der Waals surface area contributed by atoms with Crippen LogP contribution in [0.2, 0.25) is 0 Å². The lowest BCUT2D eigenvalue weighted by molar-refractivity contribution is -0.172. The maximum Gasteiger partial charge on any atom is 0.343 e. The van der Waals surface area contributed by atoms with Crippen molar-refractivity contribution in [2.75, 3.05) is 33.0 Å². The third-order valence-electron chi connectivity index (χ3n) is 13.4. The van der Waals surface area contributed by atoms with Gasteiger partial charge in [-0.3, -0.25) is 48.1 Å². The van der Waals surface area contributed by atoms with Gasteiger partial charge >= 0.3 is 5.97 Å². The molecule has 3 aliphatic heterocycles. The lowest BCUT2D eigenvalue weighted by atomic mass is 9.81. The number of imide groups is 1. The molecule has 72 heavy (non-hydrogen) atoms. The molecule has 0 saturated heterocycles. The van der Waals surface area contributed by atoms with Crippen molar-refractivity contribution in [3.8, 4) is 11.4 Å². The Labute approximate surface area is 412 Å². The quantitative estimate of drug-likeness (QED) is 0.0252. The van der Waals surface area contributed by atoms with Gasteiger partial charge in [0.1, 0.15) is 37.8 Å². The Morgan fingerprint density at radius 3 is 2.31 bits per heavy atom. The smallest absolute Gasteiger partial charge is 0.343 e. The average molecular weight is 1000 g/mol. The summed E-state index contributed by atoms with van der Waals surface area (Å²) in [5.41, 5.74) is 1.17. The predicted octanol–water partition coefficient (Wildman–Crippen LogP) is 0.0842. The van der Waals surface area contributed by atoms with Crippen molar-refractivity contribution in [3.63, 3.8) is 0 Å². The highest BCUT2D eigenvalue weighted by Crippen LogP contribution is 2.46. The molecule has 7 N–H and O–H groups in total. The van der Waals surface area contributed by atoms with Gasteiger partial charge < -0.3 is 51.0 Å². The Balaban J connectivity index is 0.866. The van der Waals surface area contributed by atoms with Gasteiger partial charge in [0, 0.05) is 47.7 Å².